The maximum atomic E-state index is 10.9. The van der Waals surface area contributed by atoms with Gasteiger partial charge in [-0.1, -0.05) is 0 Å². The first-order valence-electron chi connectivity index (χ1n) is 5.64. The minimum Gasteiger partial charge on any atom is -0.424 e. The topological polar surface area (TPSA) is 146 Å². The van der Waals surface area contributed by atoms with Crippen molar-refractivity contribution in [3.8, 4) is 11.8 Å². The first-order valence-corrected chi connectivity index (χ1v) is 5.64. The molecule has 2 aromatic rings. The third-order valence-corrected chi connectivity index (χ3v) is 2.22. The fourth-order valence-electron chi connectivity index (χ4n) is 1.39. The van der Waals surface area contributed by atoms with Gasteiger partial charge >= 0.3 is 11.7 Å². The molecule has 0 unspecified atom stereocenters. The van der Waals surface area contributed by atoms with E-state index < -0.39 is 10.6 Å². The first kappa shape index (κ1) is 14.1. The zero-order valence-electron chi connectivity index (χ0n) is 10.8. The van der Waals surface area contributed by atoms with Crippen molar-refractivity contribution >= 4 is 23.2 Å². The van der Waals surface area contributed by atoms with E-state index in [1.807, 2.05) is 0 Å². The lowest BCUT2D eigenvalue weighted by molar-refractivity contribution is -0.384. The number of nitrogens with one attached hydrogen (secondary N) is 1. The van der Waals surface area contributed by atoms with Gasteiger partial charge in [0, 0.05) is 19.2 Å². The molecular weight excluding hydrogens is 280 g/mol. The molecule has 10 heteroatoms. The van der Waals surface area contributed by atoms with Crippen LogP contribution in [-0.4, -0.2) is 25.8 Å². The van der Waals surface area contributed by atoms with E-state index in [2.05, 4.69) is 20.3 Å². The molecule has 0 saturated carbocycles. The molecule has 1 amide bonds. The number of nitro groups is 1. The predicted molar refractivity (Wildman–Crippen MR) is 71.7 cm³/mol. The summed E-state index contributed by atoms with van der Waals surface area (Å²) in [4.78, 5) is 32.1. The number of nitrogens with two attached hydrogens (primary N) is 1. The summed E-state index contributed by atoms with van der Waals surface area (Å²) in [7, 11) is 0. The Hall–Kier alpha value is -3.30. The number of hydrogen-bond acceptors (Lipinski definition) is 8. The number of carbonyl (C=O) groups is 1. The van der Waals surface area contributed by atoms with Crippen molar-refractivity contribution in [2.24, 2.45) is 0 Å². The number of nitrogens with zero attached hydrogens (tertiary/aromatic N) is 4. The van der Waals surface area contributed by atoms with Gasteiger partial charge in [-0.05, 0) is 6.07 Å². The Bertz CT molecular complexity index is 705. The highest BCUT2D eigenvalue weighted by Crippen LogP contribution is 2.24. The van der Waals surface area contributed by atoms with Crippen molar-refractivity contribution in [1.82, 2.24) is 15.0 Å². The second kappa shape index (κ2) is 5.77. The van der Waals surface area contributed by atoms with Gasteiger partial charge in [0.15, 0.2) is 0 Å². The van der Waals surface area contributed by atoms with Gasteiger partial charge < -0.3 is 15.8 Å². The van der Waals surface area contributed by atoms with Gasteiger partial charge in [0.25, 0.3) is 0 Å². The van der Waals surface area contributed by atoms with Crippen LogP contribution < -0.4 is 15.8 Å². The van der Waals surface area contributed by atoms with Gasteiger partial charge in [0.2, 0.25) is 11.7 Å². The Labute approximate surface area is 118 Å². The van der Waals surface area contributed by atoms with E-state index >= 15 is 0 Å². The second-order valence-electron chi connectivity index (χ2n) is 3.84. The van der Waals surface area contributed by atoms with Crippen LogP contribution in [0.4, 0.5) is 17.3 Å². The predicted octanol–water partition coefficient (Wildman–Crippen LogP) is 1.11. The van der Waals surface area contributed by atoms with Crippen LogP contribution in [0.25, 0.3) is 0 Å². The lowest BCUT2D eigenvalue weighted by Crippen LogP contribution is -2.07. The molecule has 2 heterocycles. The van der Waals surface area contributed by atoms with Crippen LogP contribution in [0.3, 0.4) is 0 Å². The summed E-state index contributed by atoms with van der Waals surface area (Å²) in [6.07, 6.45) is 2.36. The van der Waals surface area contributed by atoms with Crippen LogP contribution in [0.15, 0.2) is 24.5 Å². The Morgan fingerprint density at radius 2 is 2.24 bits per heavy atom. The largest absolute Gasteiger partial charge is 0.424 e. The summed E-state index contributed by atoms with van der Waals surface area (Å²) in [5.41, 5.74) is 5.02. The smallest absolute Gasteiger partial charge is 0.329 e. The fourth-order valence-corrected chi connectivity index (χ4v) is 1.39. The normalized spacial score (nSPS) is 9.95. The minimum atomic E-state index is -0.694. The third-order valence-electron chi connectivity index (χ3n) is 2.22. The van der Waals surface area contributed by atoms with E-state index in [4.69, 9.17) is 10.5 Å². The Morgan fingerprint density at radius 1 is 1.48 bits per heavy atom. The quantitative estimate of drug-likeness (QED) is 0.628. The summed E-state index contributed by atoms with van der Waals surface area (Å²) >= 11 is 0. The van der Waals surface area contributed by atoms with Gasteiger partial charge in [-0.2, -0.15) is 9.97 Å². The second-order valence-corrected chi connectivity index (χ2v) is 3.84. The molecule has 2 aromatic heterocycles. The molecule has 0 aliphatic rings. The van der Waals surface area contributed by atoms with E-state index in [1.165, 1.54) is 25.3 Å². The minimum absolute atomic E-state index is 0.155. The van der Waals surface area contributed by atoms with Crippen molar-refractivity contribution in [1.29, 1.82) is 0 Å². The monoisotopic (exact) mass is 290 g/mol. The fraction of sp³-hybridized carbons (Fsp3) is 0.0909. The van der Waals surface area contributed by atoms with Gasteiger partial charge in [-0.3, -0.25) is 14.9 Å². The maximum absolute atomic E-state index is 10.9. The van der Waals surface area contributed by atoms with Crippen LogP contribution in [0.5, 0.6) is 11.8 Å². The van der Waals surface area contributed by atoms with Crippen molar-refractivity contribution in [2.45, 2.75) is 6.92 Å². The van der Waals surface area contributed by atoms with Crippen LogP contribution in [0, 0.1) is 10.1 Å². The Kier molecular flexibility index (Phi) is 3.88. The third kappa shape index (κ3) is 3.59. The molecule has 0 spiro atoms. The number of aromatic nitrogens is 3. The van der Waals surface area contributed by atoms with Crippen LogP contribution >= 0.6 is 0 Å². The molecule has 10 nitrogen and oxygen atoms in total. The SMILES string of the molecule is CC(=O)Nc1cc(Oc2ncc([N+](=O)[O-])c(N)n2)ccn1. The maximum Gasteiger partial charge on any atom is 0.329 e. The number of anilines is 2. The summed E-state index contributed by atoms with van der Waals surface area (Å²) in [5.74, 6) is -0.00601. The number of hydrogen-bond donors (Lipinski definition) is 2. The Balaban J connectivity index is 2.20. The molecule has 0 aliphatic heterocycles. The summed E-state index contributed by atoms with van der Waals surface area (Å²) in [6, 6.07) is 2.80. The number of rotatable bonds is 4. The van der Waals surface area contributed by atoms with Crippen molar-refractivity contribution in [2.75, 3.05) is 11.1 Å². The highest BCUT2D eigenvalue weighted by atomic mass is 16.6. The van der Waals surface area contributed by atoms with E-state index in [1.54, 1.807) is 0 Å². The van der Waals surface area contributed by atoms with Crippen molar-refractivity contribution in [3.63, 3.8) is 0 Å². The highest BCUT2D eigenvalue weighted by Gasteiger charge is 2.15. The molecule has 21 heavy (non-hydrogen) atoms. The number of ether oxygens (including phenoxy) is 1. The zero-order valence-corrected chi connectivity index (χ0v) is 10.8. The zero-order chi connectivity index (χ0) is 15.4. The molecule has 0 fully saturated rings. The Morgan fingerprint density at radius 3 is 2.86 bits per heavy atom. The molecule has 0 saturated heterocycles. The summed E-state index contributed by atoms with van der Waals surface area (Å²) in [6.45, 7) is 1.34. The van der Waals surface area contributed by atoms with Gasteiger partial charge in [-0.15, -0.1) is 0 Å². The number of amides is 1. The summed E-state index contributed by atoms with van der Waals surface area (Å²) in [5, 5.41) is 13.1. The molecule has 0 aromatic carbocycles. The number of carbonyl (C=O) groups excluding carboxylic acids is 1. The van der Waals surface area contributed by atoms with E-state index in [9.17, 15) is 14.9 Å². The standard InChI is InChI=1S/C11H10N6O4/c1-6(18)15-9-4-7(2-3-13-9)21-11-14-5-8(17(19)20)10(12)16-11/h2-5H,1H3,(H2,12,14,16)(H,13,15,18). The highest BCUT2D eigenvalue weighted by molar-refractivity contribution is 5.87. The molecule has 0 aliphatic carbocycles. The number of nitrogen functional groups attached to an aromatic ring is 1. The van der Waals surface area contributed by atoms with Crippen LogP contribution in [0.2, 0.25) is 0 Å². The molecule has 0 radical (unpaired) electrons. The molecule has 0 bridgehead atoms. The molecule has 3 N–H and O–H groups in total. The van der Waals surface area contributed by atoms with Gasteiger partial charge in [0.1, 0.15) is 17.8 Å². The van der Waals surface area contributed by atoms with Crippen LogP contribution in [-0.2, 0) is 4.79 Å². The molecular formula is C11H10N6O4. The molecule has 2 rings (SSSR count). The van der Waals surface area contributed by atoms with Gasteiger partial charge in [-0.25, -0.2) is 4.98 Å². The lowest BCUT2D eigenvalue weighted by Gasteiger charge is -2.06. The molecule has 108 valence electrons. The van der Waals surface area contributed by atoms with Crippen LogP contribution in [0.1, 0.15) is 6.92 Å². The average Bonchev–Trinajstić information content (AvgIpc) is 2.37. The van der Waals surface area contributed by atoms with Gasteiger partial charge in [0.05, 0.1) is 4.92 Å². The first-order chi connectivity index (χ1) is 9.95. The van der Waals surface area contributed by atoms with E-state index in [0.717, 1.165) is 6.20 Å². The molecule has 0 atom stereocenters. The van der Waals surface area contributed by atoms with E-state index in [0.29, 0.717) is 5.75 Å². The number of pyridine rings is 1. The van der Waals surface area contributed by atoms with Crippen molar-refractivity contribution in [3.05, 3.63) is 34.6 Å². The van der Waals surface area contributed by atoms with Crippen molar-refractivity contribution < 1.29 is 14.5 Å². The summed E-state index contributed by atoms with van der Waals surface area (Å²) < 4.78 is 5.30. The van der Waals surface area contributed by atoms with E-state index in [-0.39, 0.29) is 23.6 Å². The average molecular weight is 290 g/mol. The lowest BCUT2D eigenvalue weighted by atomic mass is 10.4.